The van der Waals surface area contributed by atoms with Gasteiger partial charge in [-0.15, -0.1) is 0 Å². The number of benzene rings is 3. The van der Waals surface area contributed by atoms with Gasteiger partial charge < -0.3 is 0 Å². The van der Waals surface area contributed by atoms with Crippen LogP contribution in [0.3, 0.4) is 0 Å². The monoisotopic (exact) mass is 290 g/mol. The van der Waals surface area contributed by atoms with E-state index in [1.165, 1.54) is 33.4 Å². The molecule has 0 radical (unpaired) electrons. The van der Waals surface area contributed by atoms with E-state index in [0.717, 1.165) is 5.02 Å². The fourth-order valence-corrected chi connectivity index (χ4v) is 3.64. The Bertz CT molecular complexity index is 833. The van der Waals surface area contributed by atoms with Gasteiger partial charge in [-0.05, 0) is 45.5 Å². The highest BCUT2D eigenvalue weighted by molar-refractivity contribution is 6.30. The van der Waals surface area contributed by atoms with Crippen molar-refractivity contribution < 1.29 is 0 Å². The van der Waals surface area contributed by atoms with Gasteiger partial charge in [-0.2, -0.15) is 0 Å². The van der Waals surface area contributed by atoms with E-state index >= 15 is 0 Å². The van der Waals surface area contributed by atoms with Gasteiger partial charge in [0, 0.05) is 10.9 Å². The fraction of sp³-hybridized carbons (Fsp3) is 0.100. The first-order valence-electron chi connectivity index (χ1n) is 7.24. The Morgan fingerprint density at radius 3 is 2.33 bits per heavy atom. The maximum absolute atomic E-state index is 6.17. The zero-order valence-corrected chi connectivity index (χ0v) is 12.6. The second-order valence-corrected chi connectivity index (χ2v) is 6.02. The Morgan fingerprint density at radius 2 is 1.48 bits per heavy atom. The predicted molar refractivity (Wildman–Crippen MR) is 89.8 cm³/mol. The molecule has 0 saturated heterocycles. The van der Waals surface area contributed by atoms with Gasteiger partial charge in [0.25, 0.3) is 0 Å². The van der Waals surface area contributed by atoms with Crippen molar-refractivity contribution in [1.82, 2.24) is 0 Å². The minimum absolute atomic E-state index is 0.423. The number of halogens is 1. The van der Waals surface area contributed by atoms with E-state index in [4.69, 9.17) is 11.6 Å². The lowest BCUT2D eigenvalue weighted by Crippen LogP contribution is -1.93. The molecule has 0 aliphatic heterocycles. The first-order chi connectivity index (χ1) is 10.3. The summed E-state index contributed by atoms with van der Waals surface area (Å²) in [4.78, 5) is 0. The fourth-order valence-electron chi connectivity index (χ4n) is 3.45. The van der Waals surface area contributed by atoms with Crippen molar-refractivity contribution in [3.63, 3.8) is 0 Å². The van der Waals surface area contributed by atoms with Crippen LogP contribution in [0.15, 0.2) is 66.7 Å². The van der Waals surface area contributed by atoms with Gasteiger partial charge in [0.1, 0.15) is 0 Å². The van der Waals surface area contributed by atoms with E-state index in [9.17, 15) is 0 Å². The highest BCUT2D eigenvalue weighted by Gasteiger charge is 2.27. The molecule has 3 aromatic rings. The third-order valence-electron chi connectivity index (χ3n) is 4.39. The molecule has 4 rings (SSSR count). The van der Waals surface area contributed by atoms with Crippen molar-refractivity contribution in [2.75, 3.05) is 0 Å². The summed E-state index contributed by atoms with van der Waals surface area (Å²) in [6.45, 7) is 2.29. The molecule has 0 heterocycles. The van der Waals surface area contributed by atoms with Crippen LogP contribution >= 0.6 is 11.6 Å². The predicted octanol–water partition coefficient (Wildman–Crippen LogP) is 6.14. The zero-order valence-electron chi connectivity index (χ0n) is 11.8. The second kappa shape index (κ2) is 4.75. The van der Waals surface area contributed by atoms with Crippen LogP contribution in [0.1, 0.15) is 24.0 Å². The standard InChI is InChI=1S/C20H15Cl/c1-13-16-8-2-3-9-18(16)19-11-5-10-17(20(13)19)14-6-4-7-15(21)12-14/h2-13H,1H3. The van der Waals surface area contributed by atoms with Crippen molar-refractivity contribution in [3.05, 3.63) is 82.9 Å². The molecule has 1 aliphatic carbocycles. The third-order valence-corrected chi connectivity index (χ3v) is 4.63. The molecule has 0 bridgehead atoms. The SMILES string of the molecule is CC1c2ccccc2-c2cccc(-c3cccc(Cl)c3)c21. The summed E-state index contributed by atoms with van der Waals surface area (Å²) in [5, 5.41) is 0.785. The van der Waals surface area contributed by atoms with E-state index in [0.29, 0.717) is 5.92 Å². The molecule has 102 valence electrons. The molecule has 1 atom stereocenters. The average molecular weight is 291 g/mol. The minimum atomic E-state index is 0.423. The Hall–Kier alpha value is -2.05. The molecule has 0 N–H and O–H groups in total. The molecule has 0 nitrogen and oxygen atoms in total. The number of hydrogen-bond acceptors (Lipinski definition) is 0. The van der Waals surface area contributed by atoms with E-state index in [1.54, 1.807) is 0 Å². The van der Waals surface area contributed by atoms with Gasteiger partial charge in [0.2, 0.25) is 0 Å². The Labute approximate surface area is 130 Å². The molecule has 0 amide bonds. The summed E-state index contributed by atoms with van der Waals surface area (Å²) in [6.07, 6.45) is 0. The maximum Gasteiger partial charge on any atom is 0.0412 e. The van der Waals surface area contributed by atoms with Gasteiger partial charge in [-0.3, -0.25) is 0 Å². The lowest BCUT2D eigenvalue weighted by atomic mass is 9.91. The second-order valence-electron chi connectivity index (χ2n) is 5.59. The van der Waals surface area contributed by atoms with Crippen LogP contribution in [0.2, 0.25) is 5.02 Å². The Balaban J connectivity index is 1.99. The van der Waals surface area contributed by atoms with Crippen molar-refractivity contribution in [2.24, 2.45) is 0 Å². The van der Waals surface area contributed by atoms with E-state index in [1.807, 2.05) is 18.2 Å². The van der Waals surface area contributed by atoms with Crippen LogP contribution in [0, 0.1) is 0 Å². The molecule has 1 aliphatic rings. The normalized spacial score (nSPS) is 15.6. The smallest absolute Gasteiger partial charge is 0.0412 e. The molecule has 1 heteroatoms. The Kier molecular flexibility index (Phi) is 2.87. The molecular weight excluding hydrogens is 276 g/mol. The average Bonchev–Trinajstić information content (AvgIpc) is 2.81. The third kappa shape index (κ3) is 1.91. The molecule has 0 fully saturated rings. The number of rotatable bonds is 1. The number of hydrogen-bond donors (Lipinski definition) is 0. The van der Waals surface area contributed by atoms with Gasteiger partial charge in [-0.25, -0.2) is 0 Å². The summed E-state index contributed by atoms with van der Waals surface area (Å²) in [6, 6.07) is 23.4. The van der Waals surface area contributed by atoms with Crippen LogP contribution in [0.4, 0.5) is 0 Å². The Morgan fingerprint density at radius 1 is 0.762 bits per heavy atom. The van der Waals surface area contributed by atoms with Crippen LogP contribution in [0.25, 0.3) is 22.3 Å². The van der Waals surface area contributed by atoms with Crippen LogP contribution in [-0.2, 0) is 0 Å². The lowest BCUT2D eigenvalue weighted by Gasteiger charge is -2.13. The van der Waals surface area contributed by atoms with Crippen molar-refractivity contribution in [1.29, 1.82) is 0 Å². The summed E-state index contributed by atoms with van der Waals surface area (Å²) in [5.74, 6) is 0.423. The van der Waals surface area contributed by atoms with Gasteiger partial charge in [-0.1, -0.05) is 73.1 Å². The summed E-state index contributed by atoms with van der Waals surface area (Å²) < 4.78 is 0. The highest BCUT2D eigenvalue weighted by Crippen LogP contribution is 2.48. The summed E-state index contributed by atoms with van der Waals surface area (Å²) in [5.41, 5.74) is 8.04. The van der Waals surface area contributed by atoms with Gasteiger partial charge in [0.15, 0.2) is 0 Å². The van der Waals surface area contributed by atoms with E-state index < -0.39 is 0 Å². The minimum Gasteiger partial charge on any atom is -0.0843 e. The molecular formula is C20H15Cl. The summed E-state index contributed by atoms with van der Waals surface area (Å²) in [7, 11) is 0. The molecule has 3 aromatic carbocycles. The lowest BCUT2D eigenvalue weighted by molar-refractivity contribution is 0.959. The molecule has 1 unspecified atom stereocenters. The molecule has 0 saturated carbocycles. The molecule has 21 heavy (non-hydrogen) atoms. The van der Waals surface area contributed by atoms with Gasteiger partial charge >= 0.3 is 0 Å². The van der Waals surface area contributed by atoms with Crippen LogP contribution < -0.4 is 0 Å². The highest BCUT2D eigenvalue weighted by atomic mass is 35.5. The topological polar surface area (TPSA) is 0 Å². The maximum atomic E-state index is 6.17. The summed E-state index contributed by atoms with van der Waals surface area (Å²) >= 11 is 6.17. The first kappa shape index (κ1) is 12.7. The quantitative estimate of drug-likeness (QED) is 0.505. The van der Waals surface area contributed by atoms with Crippen molar-refractivity contribution in [3.8, 4) is 22.3 Å². The van der Waals surface area contributed by atoms with Crippen LogP contribution in [-0.4, -0.2) is 0 Å². The molecule has 0 spiro atoms. The first-order valence-corrected chi connectivity index (χ1v) is 7.61. The number of fused-ring (bicyclic) bond motifs is 3. The van der Waals surface area contributed by atoms with Crippen LogP contribution in [0.5, 0.6) is 0 Å². The van der Waals surface area contributed by atoms with Crippen molar-refractivity contribution in [2.45, 2.75) is 12.8 Å². The van der Waals surface area contributed by atoms with E-state index in [-0.39, 0.29) is 0 Å². The van der Waals surface area contributed by atoms with E-state index in [2.05, 4.69) is 55.5 Å². The van der Waals surface area contributed by atoms with Gasteiger partial charge in [0.05, 0.1) is 0 Å². The zero-order chi connectivity index (χ0) is 14.4. The largest absolute Gasteiger partial charge is 0.0843 e. The molecule has 0 aromatic heterocycles. The van der Waals surface area contributed by atoms with Crippen molar-refractivity contribution >= 4 is 11.6 Å².